The minimum Gasteiger partial charge on any atom is -0.393 e. The Labute approximate surface area is 148 Å². The summed E-state index contributed by atoms with van der Waals surface area (Å²) in [7, 11) is 0. The molecular weight excluding hydrogens is 312 g/mol. The molecule has 1 heterocycles. The number of benzene rings is 1. The lowest BCUT2D eigenvalue weighted by molar-refractivity contribution is 0.0869. The lowest BCUT2D eigenvalue weighted by Crippen LogP contribution is -2.38. The van der Waals surface area contributed by atoms with Crippen molar-refractivity contribution in [2.75, 3.05) is 0 Å². The van der Waals surface area contributed by atoms with Gasteiger partial charge in [-0.05, 0) is 70.1 Å². The van der Waals surface area contributed by atoms with Gasteiger partial charge >= 0.3 is 0 Å². The van der Waals surface area contributed by atoms with Crippen LogP contribution in [0, 0.1) is 13.8 Å². The molecule has 1 aromatic heterocycles. The zero-order valence-corrected chi connectivity index (χ0v) is 15.0. The van der Waals surface area contributed by atoms with Crippen LogP contribution in [0.15, 0.2) is 18.2 Å². The number of aromatic nitrogens is 1. The summed E-state index contributed by atoms with van der Waals surface area (Å²) in [6.07, 6.45) is 5.38. The molecule has 2 aliphatic rings. The van der Waals surface area contributed by atoms with Gasteiger partial charge in [-0.15, -0.1) is 0 Å². The van der Waals surface area contributed by atoms with Gasteiger partial charge in [-0.3, -0.25) is 9.78 Å². The second kappa shape index (κ2) is 6.41. The van der Waals surface area contributed by atoms with Gasteiger partial charge in [0.25, 0.3) is 5.91 Å². The van der Waals surface area contributed by atoms with Gasteiger partial charge < -0.3 is 10.4 Å². The molecule has 0 saturated heterocycles. The Kier molecular flexibility index (Phi) is 4.24. The molecule has 2 aromatic rings. The molecule has 1 aromatic carbocycles. The van der Waals surface area contributed by atoms with Crippen LogP contribution in [0.5, 0.6) is 0 Å². The van der Waals surface area contributed by atoms with Crippen molar-refractivity contribution in [3.05, 3.63) is 40.6 Å². The van der Waals surface area contributed by atoms with Gasteiger partial charge in [-0.25, -0.2) is 0 Å². The molecule has 2 aliphatic carbocycles. The van der Waals surface area contributed by atoms with E-state index < -0.39 is 0 Å². The van der Waals surface area contributed by atoms with Crippen molar-refractivity contribution in [1.29, 1.82) is 0 Å². The normalized spacial score (nSPS) is 23.6. The predicted molar refractivity (Wildman–Crippen MR) is 98.9 cm³/mol. The summed E-state index contributed by atoms with van der Waals surface area (Å²) in [4.78, 5) is 17.9. The number of pyridine rings is 1. The fourth-order valence-corrected chi connectivity index (χ4v) is 3.96. The average molecular weight is 338 g/mol. The third-order valence-electron chi connectivity index (χ3n) is 5.54. The number of amides is 1. The number of carbonyl (C=O) groups excluding carboxylic acids is 1. The molecule has 25 heavy (non-hydrogen) atoms. The zero-order valence-electron chi connectivity index (χ0n) is 15.0. The van der Waals surface area contributed by atoms with Gasteiger partial charge in [0.05, 0.1) is 17.2 Å². The molecule has 1 amide bonds. The number of fused-ring (bicyclic) bond motifs is 1. The number of hydrogen-bond donors (Lipinski definition) is 2. The lowest BCUT2D eigenvalue weighted by Gasteiger charge is -2.26. The van der Waals surface area contributed by atoms with Gasteiger partial charge in [0.15, 0.2) is 0 Å². The first-order valence-corrected chi connectivity index (χ1v) is 9.42. The van der Waals surface area contributed by atoms with Crippen LogP contribution in [0.4, 0.5) is 0 Å². The number of hydrogen-bond acceptors (Lipinski definition) is 3. The van der Waals surface area contributed by atoms with Crippen molar-refractivity contribution in [2.24, 2.45) is 0 Å². The lowest BCUT2D eigenvalue weighted by atomic mass is 9.92. The molecular formula is C21H26N2O2. The summed E-state index contributed by atoms with van der Waals surface area (Å²) in [5, 5.41) is 13.8. The molecule has 0 spiro atoms. The second-order valence-electron chi connectivity index (χ2n) is 7.83. The van der Waals surface area contributed by atoms with E-state index in [2.05, 4.69) is 31.3 Å². The van der Waals surface area contributed by atoms with E-state index in [9.17, 15) is 9.90 Å². The van der Waals surface area contributed by atoms with Crippen LogP contribution < -0.4 is 5.32 Å². The summed E-state index contributed by atoms with van der Waals surface area (Å²) in [6.45, 7) is 4.13. The molecule has 0 aliphatic heterocycles. The number of carbonyl (C=O) groups is 1. The predicted octanol–water partition coefficient (Wildman–Crippen LogP) is 3.76. The van der Waals surface area contributed by atoms with E-state index >= 15 is 0 Å². The van der Waals surface area contributed by atoms with Crippen LogP contribution in [0.1, 0.15) is 71.6 Å². The minimum absolute atomic E-state index is 0.000639. The number of nitrogens with one attached hydrogen (secondary N) is 1. The number of nitrogens with zero attached hydrogens (tertiary/aromatic N) is 1. The number of rotatable bonds is 3. The van der Waals surface area contributed by atoms with E-state index in [4.69, 9.17) is 4.98 Å². The molecule has 0 bridgehead atoms. The van der Waals surface area contributed by atoms with Crippen molar-refractivity contribution in [1.82, 2.24) is 10.3 Å². The fourth-order valence-electron chi connectivity index (χ4n) is 3.96. The van der Waals surface area contributed by atoms with Gasteiger partial charge in [0, 0.05) is 23.0 Å². The third kappa shape index (κ3) is 3.40. The molecule has 4 rings (SSSR count). The van der Waals surface area contributed by atoms with E-state index in [1.54, 1.807) is 0 Å². The highest BCUT2D eigenvalue weighted by Gasteiger charge is 2.28. The summed E-state index contributed by atoms with van der Waals surface area (Å²) in [6, 6.07) is 6.38. The van der Waals surface area contributed by atoms with Crippen LogP contribution in [-0.2, 0) is 0 Å². The van der Waals surface area contributed by atoms with Crippen LogP contribution in [-0.4, -0.2) is 28.1 Å². The Bertz CT molecular complexity index is 818. The Morgan fingerprint density at radius 2 is 1.80 bits per heavy atom. The summed E-state index contributed by atoms with van der Waals surface area (Å²) in [5.74, 6) is 0.516. The molecule has 4 heteroatoms. The van der Waals surface area contributed by atoms with E-state index in [0.29, 0.717) is 5.92 Å². The second-order valence-corrected chi connectivity index (χ2v) is 7.83. The fraction of sp³-hybridized carbons (Fsp3) is 0.524. The van der Waals surface area contributed by atoms with E-state index in [-0.39, 0.29) is 18.1 Å². The zero-order chi connectivity index (χ0) is 17.6. The molecule has 0 unspecified atom stereocenters. The number of aliphatic hydroxyl groups is 1. The monoisotopic (exact) mass is 338 g/mol. The molecule has 0 radical (unpaired) electrons. The van der Waals surface area contributed by atoms with Crippen molar-refractivity contribution in [3.63, 3.8) is 0 Å². The van der Waals surface area contributed by atoms with E-state index in [1.165, 1.54) is 12.8 Å². The van der Waals surface area contributed by atoms with Gasteiger partial charge in [-0.1, -0.05) is 11.6 Å². The summed E-state index contributed by atoms with van der Waals surface area (Å²) < 4.78 is 0. The van der Waals surface area contributed by atoms with Crippen LogP contribution >= 0.6 is 0 Å². The third-order valence-corrected chi connectivity index (χ3v) is 5.54. The maximum atomic E-state index is 13.0. The standard InChI is InChI=1S/C21H26N2O2/c1-12-9-13(2)20-17(10-12)18(11-19(23-20)14-3-4-14)21(25)22-15-5-7-16(24)8-6-15/h9-11,14-16,24H,3-8H2,1-2H3,(H,22,25). The minimum atomic E-state index is -0.207. The molecule has 2 N–H and O–H groups in total. The topological polar surface area (TPSA) is 62.2 Å². The Morgan fingerprint density at radius 1 is 1.08 bits per heavy atom. The van der Waals surface area contributed by atoms with Crippen molar-refractivity contribution >= 4 is 16.8 Å². The SMILES string of the molecule is Cc1cc(C)c2nc(C3CC3)cc(C(=O)NC3CCC(O)CC3)c2c1. The maximum absolute atomic E-state index is 13.0. The molecule has 0 atom stereocenters. The first kappa shape index (κ1) is 16.5. The first-order chi connectivity index (χ1) is 12.0. The van der Waals surface area contributed by atoms with Crippen molar-refractivity contribution < 1.29 is 9.90 Å². The molecule has 4 nitrogen and oxygen atoms in total. The highest BCUT2D eigenvalue weighted by Crippen LogP contribution is 2.40. The van der Waals surface area contributed by atoms with Crippen LogP contribution in [0.2, 0.25) is 0 Å². The van der Waals surface area contributed by atoms with Gasteiger partial charge in [0.1, 0.15) is 0 Å². The van der Waals surface area contributed by atoms with E-state index in [1.807, 2.05) is 6.07 Å². The number of aryl methyl sites for hydroxylation is 2. The number of aliphatic hydroxyl groups excluding tert-OH is 1. The molecule has 132 valence electrons. The van der Waals surface area contributed by atoms with Crippen LogP contribution in [0.25, 0.3) is 10.9 Å². The Hall–Kier alpha value is -1.94. The largest absolute Gasteiger partial charge is 0.393 e. The average Bonchev–Trinajstić information content (AvgIpc) is 3.41. The van der Waals surface area contributed by atoms with E-state index in [0.717, 1.165) is 59.0 Å². The van der Waals surface area contributed by atoms with Crippen LogP contribution in [0.3, 0.4) is 0 Å². The summed E-state index contributed by atoms with van der Waals surface area (Å²) >= 11 is 0. The van der Waals surface area contributed by atoms with Gasteiger partial charge in [-0.2, -0.15) is 0 Å². The highest BCUT2D eigenvalue weighted by molar-refractivity contribution is 6.07. The smallest absolute Gasteiger partial charge is 0.252 e. The maximum Gasteiger partial charge on any atom is 0.252 e. The van der Waals surface area contributed by atoms with Crippen molar-refractivity contribution in [2.45, 2.75) is 70.4 Å². The van der Waals surface area contributed by atoms with Gasteiger partial charge in [0.2, 0.25) is 0 Å². The Morgan fingerprint density at radius 3 is 2.48 bits per heavy atom. The Balaban J connectivity index is 1.70. The first-order valence-electron chi connectivity index (χ1n) is 9.42. The highest BCUT2D eigenvalue weighted by atomic mass is 16.3. The summed E-state index contributed by atoms with van der Waals surface area (Å²) in [5.41, 5.74) is 5.06. The van der Waals surface area contributed by atoms with Crippen molar-refractivity contribution in [3.8, 4) is 0 Å². The quantitative estimate of drug-likeness (QED) is 0.896. The molecule has 2 fully saturated rings. The molecule has 2 saturated carbocycles.